The largest absolute Gasteiger partial charge is 0.477 e. The molecule has 36 heavy (non-hydrogen) atoms. The molecule has 0 bridgehead atoms. The normalized spacial score (nSPS) is 19.4. The molecule has 0 aromatic carbocycles. The molecule has 18 heteroatoms. The molecule has 0 spiro atoms. The number of hydrogen-bond acceptors (Lipinski definition) is 14. The third kappa shape index (κ3) is 5.21. The second kappa shape index (κ2) is 11.3. The van der Waals surface area contributed by atoms with Crippen LogP contribution in [0.2, 0.25) is 0 Å². The van der Waals surface area contributed by atoms with Crippen molar-refractivity contribution < 1.29 is 29.1 Å². The number of thioether (sulfide) groups is 2. The van der Waals surface area contributed by atoms with Crippen LogP contribution in [-0.2, 0) is 30.6 Å². The average molecular weight is 571 g/mol. The number of anilines is 1. The van der Waals surface area contributed by atoms with Crippen molar-refractivity contribution >= 4 is 81.2 Å². The molecule has 14 nitrogen and oxygen atoms in total. The predicted octanol–water partition coefficient (Wildman–Crippen LogP) is -0.0970. The number of hydrogen-bond donors (Lipinski definition) is 4. The van der Waals surface area contributed by atoms with Crippen LogP contribution in [0.1, 0.15) is 10.7 Å². The Bertz CT molecular complexity index is 1260. The van der Waals surface area contributed by atoms with Crippen LogP contribution in [0.25, 0.3) is 0 Å². The second-order valence-corrected chi connectivity index (χ2v) is 11.2. The van der Waals surface area contributed by atoms with Crippen molar-refractivity contribution in [2.75, 3.05) is 23.9 Å². The molecule has 0 radical (unpaired) electrons. The lowest BCUT2D eigenvalue weighted by atomic mass is 10.0. The van der Waals surface area contributed by atoms with Crippen LogP contribution in [0.3, 0.4) is 0 Å². The van der Waals surface area contributed by atoms with Crippen LogP contribution in [0.5, 0.6) is 0 Å². The van der Waals surface area contributed by atoms with Gasteiger partial charge in [0.2, 0.25) is 6.41 Å². The molecule has 2 atom stereocenters. The Kier molecular flexibility index (Phi) is 8.19. The standard InChI is InChI=1S/C18H18N8O6S4/c1-32-25-10(8-5-34-17(21-8)20-6-27)13(28)22-11-14(29)26-12(16(30)31)7(3-33-15(11)26)4-35-18-24-23-9(2-19)36-18/h5-6,11,15H,2-4,19H2,1H3,(H,22,28)(H,30,31)(H,20,21,27)/t11?,15-/m0/s1. The Hall–Kier alpha value is -3.06. The van der Waals surface area contributed by atoms with Gasteiger partial charge < -0.3 is 26.3 Å². The second-order valence-electron chi connectivity index (χ2n) is 7.00. The summed E-state index contributed by atoms with van der Waals surface area (Å²) in [5, 5.41) is 28.3. The van der Waals surface area contributed by atoms with Gasteiger partial charge in [-0.1, -0.05) is 28.3 Å². The summed E-state index contributed by atoms with van der Waals surface area (Å²) in [6.45, 7) is 0.268. The third-order valence-electron chi connectivity index (χ3n) is 4.86. The summed E-state index contributed by atoms with van der Waals surface area (Å²) in [5.74, 6) is -1.85. The molecule has 1 unspecified atom stereocenters. The zero-order valence-electron chi connectivity index (χ0n) is 18.4. The molecule has 2 aromatic rings. The monoisotopic (exact) mass is 570 g/mol. The van der Waals surface area contributed by atoms with Gasteiger partial charge in [-0.05, 0) is 5.57 Å². The highest BCUT2D eigenvalue weighted by Gasteiger charge is 2.54. The first-order chi connectivity index (χ1) is 17.4. The first-order valence-electron chi connectivity index (χ1n) is 10.0. The lowest BCUT2D eigenvalue weighted by Gasteiger charge is -2.49. The van der Waals surface area contributed by atoms with Crippen molar-refractivity contribution in [2.24, 2.45) is 10.9 Å². The van der Waals surface area contributed by atoms with E-state index in [2.05, 4.69) is 31.0 Å². The van der Waals surface area contributed by atoms with Crippen molar-refractivity contribution in [3.63, 3.8) is 0 Å². The van der Waals surface area contributed by atoms with Crippen LogP contribution >= 0.6 is 46.2 Å². The topological polar surface area (TPSA) is 202 Å². The SMILES string of the molecule is CON=C(C(=O)NC1C(=O)N2C(C(=O)O)=C(CSc3nnc(CN)s3)CS[C@@H]12)c1csc(NC=O)n1. The minimum Gasteiger partial charge on any atom is -0.477 e. The van der Waals surface area contributed by atoms with Crippen LogP contribution in [0.4, 0.5) is 5.13 Å². The molecule has 1 saturated heterocycles. The number of β-lactam (4-membered cyclic amide) rings is 1. The van der Waals surface area contributed by atoms with Gasteiger partial charge in [0.15, 0.2) is 15.2 Å². The quantitative estimate of drug-likeness (QED) is 0.0920. The summed E-state index contributed by atoms with van der Waals surface area (Å²) in [5.41, 5.74) is 5.97. The van der Waals surface area contributed by atoms with Gasteiger partial charge in [0.05, 0.1) is 0 Å². The Labute approximate surface area is 219 Å². The van der Waals surface area contributed by atoms with Gasteiger partial charge in [-0.3, -0.25) is 19.3 Å². The number of rotatable bonds is 11. The number of aliphatic carboxylic acids is 1. The van der Waals surface area contributed by atoms with Crippen molar-refractivity contribution in [2.45, 2.75) is 22.3 Å². The molecular weight excluding hydrogens is 553 g/mol. The Morgan fingerprint density at radius 2 is 2.25 bits per heavy atom. The van der Waals surface area contributed by atoms with Gasteiger partial charge in [-0.25, -0.2) is 9.78 Å². The van der Waals surface area contributed by atoms with Gasteiger partial charge >= 0.3 is 5.97 Å². The molecule has 0 aliphatic carbocycles. The van der Waals surface area contributed by atoms with E-state index in [4.69, 9.17) is 10.6 Å². The number of oxime groups is 1. The average Bonchev–Trinajstić information content (AvgIpc) is 3.53. The van der Waals surface area contributed by atoms with E-state index in [0.717, 1.165) is 11.3 Å². The fourth-order valence-corrected chi connectivity index (χ4v) is 7.24. The number of fused-ring (bicyclic) bond motifs is 1. The summed E-state index contributed by atoms with van der Waals surface area (Å²) in [7, 11) is 1.25. The minimum atomic E-state index is -1.23. The highest BCUT2D eigenvalue weighted by Crippen LogP contribution is 2.41. The number of carboxylic acids is 1. The lowest BCUT2D eigenvalue weighted by molar-refractivity contribution is -0.150. The maximum absolute atomic E-state index is 12.9. The molecule has 2 aromatic heterocycles. The van der Waals surface area contributed by atoms with E-state index in [1.165, 1.54) is 52.3 Å². The summed E-state index contributed by atoms with van der Waals surface area (Å²) in [6.07, 6.45) is 0.448. The van der Waals surface area contributed by atoms with Crippen LogP contribution < -0.4 is 16.4 Å². The molecule has 4 rings (SSSR count). The Morgan fingerprint density at radius 3 is 2.92 bits per heavy atom. The predicted molar refractivity (Wildman–Crippen MR) is 134 cm³/mol. The van der Waals surface area contributed by atoms with Gasteiger partial charge in [0.25, 0.3) is 11.8 Å². The number of nitrogens with one attached hydrogen (secondary N) is 2. The summed E-state index contributed by atoms with van der Waals surface area (Å²) in [4.78, 5) is 58.5. The van der Waals surface area contributed by atoms with E-state index in [1.54, 1.807) is 0 Å². The number of amides is 3. The fraction of sp³-hybridized carbons (Fsp3) is 0.333. The fourth-order valence-electron chi connectivity index (χ4n) is 3.33. The van der Waals surface area contributed by atoms with Gasteiger partial charge in [0, 0.05) is 23.4 Å². The highest BCUT2D eigenvalue weighted by molar-refractivity contribution is 8.01. The van der Waals surface area contributed by atoms with Crippen LogP contribution in [0.15, 0.2) is 26.1 Å². The molecule has 3 amide bonds. The van der Waals surface area contributed by atoms with Crippen LogP contribution in [0, 0.1) is 0 Å². The number of nitrogens with two attached hydrogens (primary N) is 1. The number of carboxylic acid groups (broad SMARTS) is 1. The lowest BCUT2D eigenvalue weighted by Crippen LogP contribution is -2.71. The van der Waals surface area contributed by atoms with Crippen molar-refractivity contribution in [1.82, 2.24) is 25.4 Å². The van der Waals surface area contributed by atoms with E-state index in [1.807, 2.05) is 0 Å². The first-order valence-corrected chi connectivity index (χ1v) is 13.7. The molecule has 4 heterocycles. The molecule has 190 valence electrons. The number of aromatic nitrogens is 3. The zero-order valence-corrected chi connectivity index (χ0v) is 21.6. The van der Waals surface area contributed by atoms with E-state index >= 15 is 0 Å². The third-order valence-corrected chi connectivity index (χ3v) is 9.13. The van der Waals surface area contributed by atoms with Crippen molar-refractivity contribution in [3.8, 4) is 0 Å². The van der Waals surface area contributed by atoms with Crippen molar-refractivity contribution in [3.05, 3.63) is 27.4 Å². The Morgan fingerprint density at radius 1 is 1.44 bits per heavy atom. The molecular formula is C18H18N8O6S4. The summed E-state index contributed by atoms with van der Waals surface area (Å²) < 4.78 is 0.651. The highest BCUT2D eigenvalue weighted by atomic mass is 32.2. The van der Waals surface area contributed by atoms with Crippen LogP contribution in [-0.4, -0.2) is 85.1 Å². The Balaban J connectivity index is 1.47. The molecule has 2 aliphatic rings. The molecule has 1 fully saturated rings. The van der Waals surface area contributed by atoms with E-state index in [9.17, 15) is 24.3 Å². The number of carbonyl (C=O) groups excluding carboxylic acids is 3. The van der Waals surface area contributed by atoms with Gasteiger partial charge in [0.1, 0.15) is 34.9 Å². The molecule has 2 aliphatic heterocycles. The number of carbonyl (C=O) groups is 4. The van der Waals surface area contributed by atoms with E-state index in [-0.39, 0.29) is 28.8 Å². The number of thiazole rings is 1. The smallest absolute Gasteiger partial charge is 0.352 e. The summed E-state index contributed by atoms with van der Waals surface area (Å²) >= 11 is 5.07. The maximum atomic E-state index is 12.9. The molecule has 0 saturated carbocycles. The number of nitrogens with zero attached hydrogens (tertiary/aromatic N) is 5. The van der Waals surface area contributed by atoms with E-state index in [0.29, 0.717) is 32.8 Å². The van der Waals surface area contributed by atoms with Crippen molar-refractivity contribution in [1.29, 1.82) is 0 Å². The van der Waals surface area contributed by atoms with Gasteiger partial charge in [-0.2, -0.15) is 0 Å². The zero-order chi connectivity index (χ0) is 25.8. The van der Waals surface area contributed by atoms with E-state index < -0.39 is 29.2 Å². The maximum Gasteiger partial charge on any atom is 0.352 e. The van der Waals surface area contributed by atoms with Gasteiger partial charge in [-0.15, -0.1) is 33.3 Å². The molecule has 5 N–H and O–H groups in total. The minimum absolute atomic E-state index is 0.0971. The summed E-state index contributed by atoms with van der Waals surface area (Å²) in [6, 6.07) is -0.963. The first kappa shape index (κ1) is 26.0.